The van der Waals surface area contributed by atoms with Gasteiger partial charge in [-0.1, -0.05) is 12.1 Å². The molecule has 1 aromatic rings. The third-order valence-electron chi connectivity index (χ3n) is 2.81. The molecule has 20 heavy (non-hydrogen) atoms. The average Bonchev–Trinajstić information content (AvgIpc) is 2.41. The van der Waals surface area contributed by atoms with Gasteiger partial charge in [0.25, 0.3) is 0 Å². The van der Waals surface area contributed by atoms with Gasteiger partial charge in [-0.15, -0.1) is 0 Å². The first kappa shape index (κ1) is 16.3. The number of benzene rings is 1. The van der Waals surface area contributed by atoms with Crippen molar-refractivity contribution in [3.8, 4) is 5.75 Å². The van der Waals surface area contributed by atoms with Crippen LogP contribution in [0.1, 0.15) is 32.8 Å². The highest BCUT2D eigenvalue weighted by Crippen LogP contribution is 2.12. The largest absolute Gasteiger partial charge is 0.497 e. The molecule has 0 aliphatic heterocycles. The molecule has 0 radical (unpaired) electrons. The van der Waals surface area contributed by atoms with Crippen LogP contribution in [0.3, 0.4) is 0 Å². The lowest BCUT2D eigenvalue weighted by Crippen LogP contribution is -2.47. The van der Waals surface area contributed by atoms with E-state index in [-0.39, 0.29) is 5.54 Å². The maximum Gasteiger partial charge on any atom is 0.191 e. The van der Waals surface area contributed by atoms with Crippen LogP contribution < -0.4 is 15.4 Å². The van der Waals surface area contributed by atoms with Gasteiger partial charge in [0, 0.05) is 19.1 Å². The minimum Gasteiger partial charge on any atom is -0.497 e. The Morgan fingerprint density at radius 2 is 1.85 bits per heavy atom. The van der Waals surface area contributed by atoms with E-state index >= 15 is 0 Å². The smallest absolute Gasteiger partial charge is 0.191 e. The average molecular weight is 277 g/mol. The Balaban J connectivity index is 2.30. The van der Waals surface area contributed by atoms with E-state index in [4.69, 9.17) is 4.74 Å². The van der Waals surface area contributed by atoms with Gasteiger partial charge in [0.2, 0.25) is 0 Å². The van der Waals surface area contributed by atoms with Crippen molar-refractivity contribution >= 4 is 5.96 Å². The second kappa shape index (κ2) is 7.78. The molecule has 0 amide bonds. The molecule has 4 heteroatoms. The predicted octanol–water partition coefficient (Wildman–Crippen LogP) is 2.59. The summed E-state index contributed by atoms with van der Waals surface area (Å²) in [6.45, 7) is 7.27. The van der Waals surface area contributed by atoms with Gasteiger partial charge in [-0.3, -0.25) is 4.99 Å². The molecule has 0 bridgehead atoms. The molecule has 0 aromatic heterocycles. The molecule has 2 N–H and O–H groups in total. The maximum atomic E-state index is 5.15. The van der Waals surface area contributed by atoms with Gasteiger partial charge in [0.1, 0.15) is 5.75 Å². The first-order valence-electron chi connectivity index (χ1n) is 7.06. The van der Waals surface area contributed by atoms with Crippen LogP contribution >= 0.6 is 0 Å². The van der Waals surface area contributed by atoms with E-state index in [0.29, 0.717) is 0 Å². The Kier molecular flexibility index (Phi) is 6.36. The number of aryl methyl sites for hydroxylation is 1. The standard InChI is InChI=1S/C16H27N3O/c1-16(2,3)19-15(17-4)18-12-6-7-13-8-10-14(20-5)11-9-13/h8-11H,6-7,12H2,1-5H3,(H2,17,18,19). The Labute approximate surface area is 122 Å². The van der Waals surface area contributed by atoms with Crippen molar-refractivity contribution in [2.75, 3.05) is 20.7 Å². The topological polar surface area (TPSA) is 45.7 Å². The molecule has 0 saturated carbocycles. The molecule has 4 nitrogen and oxygen atoms in total. The van der Waals surface area contributed by atoms with Gasteiger partial charge < -0.3 is 15.4 Å². The fourth-order valence-corrected chi connectivity index (χ4v) is 1.83. The van der Waals surface area contributed by atoms with Crippen LogP contribution in [0.25, 0.3) is 0 Å². The number of nitrogens with one attached hydrogen (secondary N) is 2. The molecule has 0 saturated heterocycles. The van der Waals surface area contributed by atoms with Crippen molar-refractivity contribution in [2.24, 2.45) is 4.99 Å². The third kappa shape index (κ3) is 6.45. The Bertz CT molecular complexity index is 418. The van der Waals surface area contributed by atoms with Crippen LogP contribution in [0, 0.1) is 0 Å². The van der Waals surface area contributed by atoms with Crippen LogP contribution in [-0.4, -0.2) is 32.2 Å². The molecule has 1 rings (SSSR count). The molecule has 0 atom stereocenters. The van der Waals surface area contributed by atoms with Crippen molar-refractivity contribution in [2.45, 2.75) is 39.2 Å². The van der Waals surface area contributed by atoms with Gasteiger partial charge in [-0.2, -0.15) is 0 Å². The minimum atomic E-state index is 0.0256. The summed E-state index contributed by atoms with van der Waals surface area (Å²) in [4.78, 5) is 4.22. The first-order valence-corrected chi connectivity index (χ1v) is 7.06. The highest BCUT2D eigenvalue weighted by Gasteiger charge is 2.11. The van der Waals surface area contributed by atoms with Crippen LogP contribution in [0.2, 0.25) is 0 Å². The zero-order chi connectivity index (χ0) is 15.0. The van der Waals surface area contributed by atoms with Crippen LogP contribution in [0.5, 0.6) is 5.75 Å². The molecular formula is C16H27N3O. The summed E-state index contributed by atoms with van der Waals surface area (Å²) in [5.41, 5.74) is 1.35. The Hall–Kier alpha value is -1.71. The third-order valence-corrected chi connectivity index (χ3v) is 2.81. The van der Waals surface area contributed by atoms with Gasteiger partial charge in [0.15, 0.2) is 5.96 Å². The lowest BCUT2D eigenvalue weighted by atomic mass is 10.1. The monoisotopic (exact) mass is 277 g/mol. The van der Waals surface area contributed by atoms with E-state index in [1.807, 2.05) is 12.1 Å². The molecule has 0 unspecified atom stereocenters. The molecule has 0 aliphatic rings. The van der Waals surface area contributed by atoms with Crippen molar-refractivity contribution in [1.29, 1.82) is 0 Å². The number of rotatable bonds is 5. The zero-order valence-electron chi connectivity index (χ0n) is 13.3. The molecule has 112 valence electrons. The molecule has 0 fully saturated rings. The number of guanidine groups is 1. The summed E-state index contributed by atoms with van der Waals surface area (Å²) < 4.78 is 5.15. The quantitative estimate of drug-likeness (QED) is 0.494. The number of nitrogens with zero attached hydrogens (tertiary/aromatic N) is 1. The minimum absolute atomic E-state index is 0.0256. The fourth-order valence-electron chi connectivity index (χ4n) is 1.83. The summed E-state index contributed by atoms with van der Waals surface area (Å²) in [5.74, 6) is 1.76. The van der Waals surface area contributed by atoms with E-state index in [9.17, 15) is 0 Å². The number of hydrogen-bond donors (Lipinski definition) is 2. The summed E-state index contributed by atoms with van der Waals surface area (Å²) in [5, 5.41) is 6.67. The van der Waals surface area contributed by atoms with E-state index < -0.39 is 0 Å². The van der Waals surface area contributed by atoms with Gasteiger partial charge >= 0.3 is 0 Å². The highest BCUT2D eigenvalue weighted by molar-refractivity contribution is 5.80. The number of hydrogen-bond acceptors (Lipinski definition) is 2. The second-order valence-electron chi connectivity index (χ2n) is 5.83. The van der Waals surface area contributed by atoms with E-state index in [0.717, 1.165) is 31.1 Å². The van der Waals surface area contributed by atoms with Crippen molar-refractivity contribution in [3.05, 3.63) is 29.8 Å². The van der Waals surface area contributed by atoms with Gasteiger partial charge in [0.05, 0.1) is 7.11 Å². The predicted molar refractivity (Wildman–Crippen MR) is 85.6 cm³/mol. The zero-order valence-corrected chi connectivity index (χ0v) is 13.3. The second-order valence-corrected chi connectivity index (χ2v) is 5.83. The summed E-state index contributed by atoms with van der Waals surface area (Å²) in [6, 6.07) is 8.23. The van der Waals surface area contributed by atoms with Gasteiger partial charge in [-0.25, -0.2) is 0 Å². The van der Waals surface area contributed by atoms with Crippen molar-refractivity contribution in [1.82, 2.24) is 10.6 Å². The first-order chi connectivity index (χ1) is 9.44. The number of aliphatic imine (C=N–C) groups is 1. The Morgan fingerprint density at radius 3 is 2.35 bits per heavy atom. The normalized spacial score (nSPS) is 12.2. The van der Waals surface area contributed by atoms with E-state index in [1.165, 1.54) is 5.56 Å². The summed E-state index contributed by atoms with van der Waals surface area (Å²) in [7, 11) is 3.48. The molecular weight excluding hydrogens is 250 g/mol. The van der Waals surface area contributed by atoms with Crippen molar-refractivity contribution < 1.29 is 4.74 Å². The lowest BCUT2D eigenvalue weighted by molar-refractivity contribution is 0.414. The van der Waals surface area contributed by atoms with Crippen LogP contribution in [-0.2, 0) is 6.42 Å². The van der Waals surface area contributed by atoms with Crippen LogP contribution in [0.4, 0.5) is 0 Å². The van der Waals surface area contributed by atoms with Gasteiger partial charge in [-0.05, 0) is 51.3 Å². The number of ether oxygens (including phenoxy) is 1. The highest BCUT2D eigenvalue weighted by atomic mass is 16.5. The molecule has 0 heterocycles. The Morgan fingerprint density at radius 1 is 1.20 bits per heavy atom. The van der Waals surface area contributed by atoms with E-state index in [1.54, 1.807) is 14.2 Å². The SMILES string of the molecule is CN=C(NCCCc1ccc(OC)cc1)NC(C)(C)C. The lowest BCUT2D eigenvalue weighted by Gasteiger charge is -2.23. The maximum absolute atomic E-state index is 5.15. The van der Waals surface area contributed by atoms with E-state index in [2.05, 4.69) is 48.5 Å². The molecule has 0 aliphatic carbocycles. The summed E-state index contributed by atoms with van der Waals surface area (Å²) in [6.07, 6.45) is 2.11. The molecule has 1 aromatic carbocycles. The van der Waals surface area contributed by atoms with Crippen LogP contribution in [0.15, 0.2) is 29.3 Å². The van der Waals surface area contributed by atoms with Crippen molar-refractivity contribution in [3.63, 3.8) is 0 Å². The fraction of sp³-hybridized carbons (Fsp3) is 0.562. The number of methoxy groups -OCH3 is 1. The summed E-state index contributed by atoms with van der Waals surface area (Å²) >= 11 is 0. The molecule has 0 spiro atoms.